The number of carbonyl (C=O) groups excluding carboxylic acids is 4. The molecule has 3 aromatic rings. The number of carbonyl (C=O) groups is 4. The van der Waals surface area contributed by atoms with Crippen LogP contribution >= 0.6 is 11.8 Å². The molecule has 2 saturated heterocycles. The van der Waals surface area contributed by atoms with Gasteiger partial charge in [0.1, 0.15) is 12.1 Å². The Labute approximate surface area is 330 Å². The fourth-order valence-electron chi connectivity index (χ4n) is 8.18. The van der Waals surface area contributed by atoms with Crippen LogP contribution in [0.15, 0.2) is 103 Å². The van der Waals surface area contributed by atoms with Gasteiger partial charge in [0, 0.05) is 19.0 Å². The Morgan fingerprint density at radius 2 is 1.47 bits per heavy atom. The highest BCUT2D eigenvalue weighted by Gasteiger charge is 2.43. The second-order valence-corrected chi connectivity index (χ2v) is 16.4. The first-order chi connectivity index (χ1) is 26.9. The molecule has 55 heavy (non-hydrogen) atoms. The highest BCUT2D eigenvalue weighted by atomic mass is 32.2. The molecule has 0 spiro atoms. The summed E-state index contributed by atoms with van der Waals surface area (Å²) in [5.74, 6) is 0.0911. The minimum Gasteiger partial charge on any atom is -0.467 e. The Bertz CT molecular complexity index is 1720. The van der Waals surface area contributed by atoms with Crippen molar-refractivity contribution in [2.24, 2.45) is 11.8 Å². The number of nitrogens with one attached hydrogen (secondary N) is 2. The number of methoxy groups -OCH3 is 1. The van der Waals surface area contributed by atoms with Gasteiger partial charge in [0.25, 0.3) is 0 Å². The molecule has 0 aromatic heterocycles. The van der Waals surface area contributed by atoms with E-state index in [2.05, 4.69) is 41.0 Å². The average Bonchev–Trinajstić information content (AvgIpc) is 3.38. The first-order valence-electron chi connectivity index (χ1n) is 20.0. The van der Waals surface area contributed by atoms with Gasteiger partial charge < -0.3 is 25.2 Å². The molecule has 0 aliphatic carbocycles. The second-order valence-electron chi connectivity index (χ2n) is 15.1. The topological polar surface area (TPSA) is 108 Å². The van der Waals surface area contributed by atoms with Gasteiger partial charge in [-0.2, -0.15) is 0 Å². The van der Waals surface area contributed by atoms with Crippen LogP contribution in [0.2, 0.25) is 0 Å². The van der Waals surface area contributed by atoms with Crippen LogP contribution in [0.1, 0.15) is 68.1 Å². The lowest BCUT2D eigenvalue weighted by molar-refractivity contribution is -0.156. The summed E-state index contributed by atoms with van der Waals surface area (Å²) < 4.78 is 5.12. The van der Waals surface area contributed by atoms with Crippen molar-refractivity contribution < 1.29 is 23.9 Å². The standard InChI is InChI=1S/C45H56N4O5S/c1-54-45(53)40-22-14-23-41-49(40)44(52)38(26-28-55-41)46-31-36(29-33-15-6-2-7-16-33)24-25-37(30-34-17-8-3-9-18-34)42(50)47-39-21-12-5-13-27-48(43(39)51)32-35-19-10-4-11-20-35/h2-12,15-20,36-41,46H,13-14,21-32H2,1H3,(H,47,50)/b12-5-/t36-,37-,38+,39+,40+,41+/m1/s1. The number of rotatable bonds is 15. The van der Waals surface area contributed by atoms with Crippen LogP contribution in [-0.4, -0.2) is 82.9 Å². The molecule has 0 unspecified atom stereocenters. The van der Waals surface area contributed by atoms with Crippen molar-refractivity contribution in [2.45, 2.75) is 94.3 Å². The molecule has 0 radical (unpaired) electrons. The van der Waals surface area contributed by atoms with Gasteiger partial charge in [-0.15, -0.1) is 11.8 Å². The van der Waals surface area contributed by atoms with Crippen molar-refractivity contribution in [3.63, 3.8) is 0 Å². The van der Waals surface area contributed by atoms with Gasteiger partial charge >= 0.3 is 5.97 Å². The quantitative estimate of drug-likeness (QED) is 0.138. The maximum atomic E-state index is 14.3. The molecular weight excluding hydrogens is 709 g/mol. The zero-order chi connectivity index (χ0) is 38.4. The third-order valence-corrected chi connectivity index (χ3v) is 12.5. The molecule has 2 N–H and O–H groups in total. The van der Waals surface area contributed by atoms with Crippen molar-refractivity contribution in [2.75, 3.05) is 26.0 Å². The van der Waals surface area contributed by atoms with Crippen molar-refractivity contribution >= 4 is 35.5 Å². The summed E-state index contributed by atoms with van der Waals surface area (Å²) in [6, 6.07) is 28.8. The Hall–Kier alpha value is -4.41. The van der Waals surface area contributed by atoms with E-state index >= 15 is 0 Å². The van der Waals surface area contributed by atoms with Crippen LogP contribution in [0, 0.1) is 11.8 Å². The summed E-state index contributed by atoms with van der Waals surface area (Å²) in [4.78, 5) is 58.8. The van der Waals surface area contributed by atoms with E-state index in [4.69, 9.17) is 4.74 Å². The number of fused-ring (bicyclic) bond motifs is 1. The highest BCUT2D eigenvalue weighted by Crippen LogP contribution is 2.35. The lowest BCUT2D eigenvalue weighted by Gasteiger charge is -2.40. The van der Waals surface area contributed by atoms with Gasteiger partial charge in [0.15, 0.2) is 0 Å². The van der Waals surface area contributed by atoms with Crippen LogP contribution < -0.4 is 10.6 Å². The number of thioether (sulfide) groups is 1. The molecule has 2 fully saturated rings. The molecule has 3 amide bonds. The van der Waals surface area contributed by atoms with E-state index in [1.807, 2.05) is 77.7 Å². The summed E-state index contributed by atoms with van der Waals surface area (Å²) in [5.41, 5.74) is 3.34. The lowest BCUT2D eigenvalue weighted by Crippen LogP contribution is -2.57. The Morgan fingerprint density at radius 1 is 0.800 bits per heavy atom. The summed E-state index contributed by atoms with van der Waals surface area (Å²) in [6.45, 7) is 1.70. The van der Waals surface area contributed by atoms with E-state index in [-0.39, 0.29) is 40.9 Å². The second kappa shape index (κ2) is 20.5. The van der Waals surface area contributed by atoms with E-state index in [1.54, 1.807) is 16.7 Å². The van der Waals surface area contributed by atoms with E-state index in [1.165, 1.54) is 12.7 Å². The fourth-order valence-corrected chi connectivity index (χ4v) is 9.57. The van der Waals surface area contributed by atoms with Crippen LogP contribution in [-0.2, 0) is 43.3 Å². The zero-order valence-electron chi connectivity index (χ0n) is 32.0. The summed E-state index contributed by atoms with van der Waals surface area (Å²) in [7, 11) is 1.39. The number of hydrogen-bond donors (Lipinski definition) is 2. The Kier molecular flexibility index (Phi) is 15.0. The van der Waals surface area contributed by atoms with E-state index in [0.29, 0.717) is 51.7 Å². The van der Waals surface area contributed by atoms with Gasteiger partial charge in [-0.05, 0) is 99.1 Å². The Morgan fingerprint density at radius 3 is 2.16 bits per heavy atom. The number of benzene rings is 3. The van der Waals surface area contributed by atoms with Crippen molar-refractivity contribution in [3.8, 4) is 0 Å². The third-order valence-electron chi connectivity index (χ3n) is 11.2. The van der Waals surface area contributed by atoms with Crippen molar-refractivity contribution in [1.82, 2.24) is 20.4 Å². The minimum absolute atomic E-state index is 0.0137. The first-order valence-corrected chi connectivity index (χ1v) is 21.1. The van der Waals surface area contributed by atoms with Gasteiger partial charge in [-0.3, -0.25) is 14.4 Å². The molecule has 6 atom stereocenters. The number of amides is 3. The molecule has 0 saturated carbocycles. The number of ether oxygens (including phenoxy) is 1. The van der Waals surface area contributed by atoms with E-state index in [0.717, 1.165) is 49.0 Å². The maximum Gasteiger partial charge on any atom is 0.328 e. The molecule has 0 bridgehead atoms. The Balaban J connectivity index is 1.17. The van der Waals surface area contributed by atoms with Gasteiger partial charge in [0.2, 0.25) is 17.7 Å². The molecule has 10 heteroatoms. The average molecular weight is 765 g/mol. The number of hydrogen-bond acceptors (Lipinski definition) is 7. The maximum absolute atomic E-state index is 14.3. The molecule has 9 nitrogen and oxygen atoms in total. The molecule has 3 aromatic carbocycles. The molecule has 292 valence electrons. The molecular formula is C45H56N4O5S. The molecule has 6 rings (SSSR count). The first kappa shape index (κ1) is 40.3. The third kappa shape index (κ3) is 11.3. The zero-order valence-corrected chi connectivity index (χ0v) is 32.8. The normalized spacial score (nSPS) is 23.4. The van der Waals surface area contributed by atoms with E-state index < -0.39 is 18.1 Å². The summed E-state index contributed by atoms with van der Waals surface area (Å²) in [5, 5.41) is 6.82. The van der Waals surface area contributed by atoms with Crippen LogP contribution in [0.3, 0.4) is 0 Å². The van der Waals surface area contributed by atoms with Gasteiger partial charge in [-0.25, -0.2) is 4.79 Å². The number of nitrogens with zero attached hydrogens (tertiary/aromatic N) is 2. The SMILES string of the molecule is COC(=O)[C@@H]1CCC[C@@H]2SCC[C@H](NC[C@H](CC[C@H](Cc3ccccc3)C(=O)N[C@H]3C/C=C\CCN(Cc4ccccc4)C3=O)Cc3ccccc3)C(=O)N21. The van der Waals surface area contributed by atoms with Crippen molar-refractivity contribution in [3.05, 3.63) is 120 Å². The minimum atomic E-state index is -0.639. The highest BCUT2D eigenvalue weighted by molar-refractivity contribution is 7.99. The van der Waals surface area contributed by atoms with Gasteiger partial charge in [0.05, 0.1) is 18.5 Å². The summed E-state index contributed by atoms with van der Waals surface area (Å²) >= 11 is 1.76. The number of piperidine rings is 1. The van der Waals surface area contributed by atoms with Gasteiger partial charge in [-0.1, -0.05) is 103 Å². The molecule has 3 aliphatic rings. The van der Waals surface area contributed by atoms with Crippen LogP contribution in [0.4, 0.5) is 0 Å². The predicted molar refractivity (Wildman–Crippen MR) is 218 cm³/mol. The van der Waals surface area contributed by atoms with E-state index in [9.17, 15) is 19.2 Å². The smallest absolute Gasteiger partial charge is 0.328 e. The monoisotopic (exact) mass is 764 g/mol. The number of esters is 1. The summed E-state index contributed by atoms with van der Waals surface area (Å²) in [6.07, 6.45) is 11.2. The van der Waals surface area contributed by atoms with Crippen LogP contribution in [0.5, 0.6) is 0 Å². The lowest BCUT2D eigenvalue weighted by atomic mass is 9.87. The van der Waals surface area contributed by atoms with Crippen LogP contribution in [0.25, 0.3) is 0 Å². The predicted octanol–water partition coefficient (Wildman–Crippen LogP) is 6.32. The van der Waals surface area contributed by atoms with Crippen molar-refractivity contribution in [1.29, 1.82) is 0 Å². The molecule has 3 heterocycles. The largest absolute Gasteiger partial charge is 0.467 e. The fraction of sp³-hybridized carbons (Fsp3) is 0.467. The molecule has 3 aliphatic heterocycles.